The van der Waals surface area contributed by atoms with Gasteiger partial charge in [0.15, 0.2) is 5.82 Å². The van der Waals surface area contributed by atoms with Crippen LogP contribution < -0.4 is 30.9 Å². The van der Waals surface area contributed by atoms with Crippen molar-refractivity contribution < 1.29 is 28.2 Å². The molecule has 6 fully saturated rings. The van der Waals surface area contributed by atoms with Crippen LogP contribution in [0.3, 0.4) is 0 Å². The van der Waals surface area contributed by atoms with E-state index in [4.69, 9.17) is 19.7 Å². The van der Waals surface area contributed by atoms with E-state index < -0.39 is 23.4 Å². The maximum Gasteiger partial charge on any atom is 0.329 e. The Morgan fingerprint density at radius 1 is 0.859 bits per heavy atom. The molecule has 12 rings (SSSR count). The van der Waals surface area contributed by atoms with Crippen molar-refractivity contribution in [2.24, 2.45) is 12.5 Å². The number of nitrogens with one attached hydrogen (secondary N) is 2. The Balaban J connectivity index is 0.698. The number of halogens is 2. The number of carbonyl (C=O) groups is 2. The first-order chi connectivity index (χ1) is 34.3. The van der Waals surface area contributed by atoms with Crippen molar-refractivity contribution in [1.29, 1.82) is 0 Å². The van der Waals surface area contributed by atoms with Crippen LogP contribution in [0.2, 0.25) is 0 Å². The second kappa shape index (κ2) is 17.8. The van der Waals surface area contributed by atoms with E-state index in [0.717, 1.165) is 92.4 Å². The Bertz CT molecular complexity index is 3150. The van der Waals surface area contributed by atoms with Gasteiger partial charge in [-0.1, -0.05) is 25.1 Å². The number of likely N-dealkylation sites (tertiary alicyclic amines) is 1. The lowest BCUT2D eigenvalue weighted by Crippen LogP contribution is -2.54. The number of amides is 2. The first kappa shape index (κ1) is 45.9. The highest BCUT2D eigenvalue weighted by molar-refractivity contribution is 6.02. The van der Waals surface area contributed by atoms with Gasteiger partial charge < -0.3 is 29.9 Å². The van der Waals surface area contributed by atoms with E-state index >= 15 is 8.78 Å². The summed E-state index contributed by atoms with van der Waals surface area (Å²) in [5.41, 5.74) is 2.44. The Hall–Kier alpha value is -6.24. The molecule has 71 heavy (non-hydrogen) atoms. The lowest BCUT2D eigenvalue weighted by atomic mass is 9.91. The summed E-state index contributed by atoms with van der Waals surface area (Å²) < 4.78 is 43.4. The zero-order chi connectivity index (χ0) is 48.8. The maximum atomic E-state index is 17.2. The molecule has 16 nitrogen and oxygen atoms in total. The lowest BCUT2D eigenvalue weighted by Gasteiger charge is -2.43. The normalized spacial score (nSPS) is 23.5. The van der Waals surface area contributed by atoms with Gasteiger partial charge >= 0.3 is 11.7 Å². The summed E-state index contributed by atoms with van der Waals surface area (Å²) in [6.45, 7) is 9.25. The number of rotatable bonds is 12. The van der Waals surface area contributed by atoms with Crippen LogP contribution in [0.15, 0.2) is 59.5 Å². The number of imide groups is 1. The fraction of sp³-hybridized carbons (Fsp3) is 0.509. The number of aromatic hydroxyl groups is 1. The van der Waals surface area contributed by atoms with Gasteiger partial charge in [-0.15, -0.1) is 0 Å². The highest BCUT2D eigenvalue weighted by Crippen LogP contribution is 2.48. The second-order valence-corrected chi connectivity index (χ2v) is 21.2. The average molecular weight is 970 g/mol. The van der Waals surface area contributed by atoms with Crippen LogP contribution in [0.1, 0.15) is 69.9 Å². The number of imidazole rings is 1. The fourth-order valence-corrected chi connectivity index (χ4v) is 12.3. The number of benzene rings is 3. The number of aryl methyl sites for hydroxylation is 2. The van der Waals surface area contributed by atoms with Crippen LogP contribution in [-0.4, -0.2) is 141 Å². The molecule has 372 valence electrons. The Morgan fingerprint density at radius 2 is 1.62 bits per heavy atom. The molecule has 3 N–H and O–H groups in total. The van der Waals surface area contributed by atoms with Crippen LogP contribution in [0.5, 0.6) is 11.8 Å². The summed E-state index contributed by atoms with van der Waals surface area (Å²) in [4.78, 5) is 61.3. The third kappa shape index (κ3) is 8.54. The summed E-state index contributed by atoms with van der Waals surface area (Å²) in [5, 5.41) is 19.0. The number of phenolic OH excluding ortho intramolecular Hbond substituents is 1. The molecule has 8 heterocycles. The number of anilines is 2. The number of aromatic nitrogens is 5. The summed E-state index contributed by atoms with van der Waals surface area (Å²) in [6.07, 6.45) is 7.87. The molecule has 5 aliphatic heterocycles. The van der Waals surface area contributed by atoms with Gasteiger partial charge in [-0.25, -0.2) is 13.6 Å². The first-order valence-electron chi connectivity index (χ1n) is 25.5. The van der Waals surface area contributed by atoms with Crippen molar-refractivity contribution >= 4 is 56.0 Å². The molecule has 0 radical (unpaired) electrons. The van der Waals surface area contributed by atoms with E-state index in [-0.39, 0.29) is 52.8 Å². The monoisotopic (exact) mass is 969 g/mol. The number of nitrogens with zero attached hydrogens (tertiary/aromatic N) is 9. The van der Waals surface area contributed by atoms with Gasteiger partial charge in [-0.2, -0.15) is 9.97 Å². The van der Waals surface area contributed by atoms with Gasteiger partial charge in [0, 0.05) is 114 Å². The highest BCUT2D eigenvalue weighted by Gasteiger charge is 2.47. The van der Waals surface area contributed by atoms with Crippen molar-refractivity contribution in [3.05, 3.63) is 76.6 Å². The van der Waals surface area contributed by atoms with E-state index in [2.05, 4.69) is 37.2 Å². The molecule has 6 aliphatic rings. The van der Waals surface area contributed by atoms with Crippen molar-refractivity contribution in [3.63, 3.8) is 0 Å². The minimum atomic E-state index is -1.29. The molecule has 3 unspecified atom stereocenters. The lowest BCUT2D eigenvalue weighted by molar-refractivity contribution is -0.135. The Kier molecular flexibility index (Phi) is 11.5. The van der Waals surface area contributed by atoms with Crippen LogP contribution in [0.4, 0.5) is 20.3 Å². The Morgan fingerprint density at radius 3 is 2.35 bits per heavy atom. The largest absolute Gasteiger partial charge is 0.508 e. The van der Waals surface area contributed by atoms with Crippen molar-refractivity contribution in [2.75, 3.05) is 81.9 Å². The molecule has 18 heteroatoms. The zero-order valence-corrected chi connectivity index (χ0v) is 40.4. The number of hydrogen-bond donors (Lipinski definition) is 3. The second-order valence-electron chi connectivity index (χ2n) is 21.2. The minimum Gasteiger partial charge on any atom is -0.508 e. The number of carbonyl (C=O) groups excluding carboxylic acids is 2. The Labute approximate surface area is 410 Å². The van der Waals surface area contributed by atoms with Crippen molar-refractivity contribution in [3.8, 4) is 23.0 Å². The van der Waals surface area contributed by atoms with Crippen molar-refractivity contribution in [2.45, 2.75) is 88.5 Å². The fourth-order valence-electron chi connectivity index (χ4n) is 12.3. The standard InChI is InChI=1S/C53H61F2N11O5/c1-3-32-5-4-6-33-23-37(67)25-38(44(32)33)46-45(54)47-39(26-56-46)48(65-27-34-7-8-35(28-65)57-34)60-50(59-47)71-31-52(13-14-52)29-62-17-15-53(55,16-18-62)30-63-19-21-64(22-20-63)36-9-10-40-42(24-36)61(2)51(70)66(40)41-11-12-43(68)58-49(41)69/h4-6,9-10,23-26,34-35,41,57,67H,3,7-8,11-22,27-31H2,1-2H3,(H,58,68,69). The molecule has 3 aromatic carbocycles. The molecule has 1 saturated carbocycles. The van der Waals surface area contributed by atoms with Gasteiger partial charge in [0.25, 0.3) is 0 Å². The summed E-state index contributed by atoms with van der Waals surface area (Å²) in [6, 6.07) is 15.0. The van der Waals surface area contributed by atoms with Crippen LogP contribution >= 0.6 is 0 Å². The summed E-state index contributed by atoms with van der Waals surface area (Å²) >= 11 is 0. The van der Waals surface area contributed by atoms with Gasteiger partial charge in [0.1, 0.15) is 34.5 Å². The third-order valence-electron chi connectivity index (χ3n) is 16.5. The van der Waals surface area contributed by atoms with Crippen LogP contribution in [-0.2, 0) is 23.1 Å². The van der Waals surface area contributed by atoms with Gasteiger partial charge in [0.05, 0.1) is 23.0 Å². The molecule has 3 aromatic heterocycles. The number of hydrogen-bond acceptors (Lipinski definition) is 13. The van der Waals surface area contributed by atoms with Gasteiger partial charge in [-0.05, 0) is 98.0 Å². The number of ether oxygens (including phenoxy) is 1. The first-order valence-corrected chi connectivity index (χ1v) is 25.5. The third-order valence-corrected chi connectivity index (χ3v) is 16.5. The minimum absolute atomic E-state index is 0.0349. The molecule has 0 spiro atoms. The molecule has 6 aromatic rings. The number of alkyl halides is 1. The zero-order valence-electron chi connectivity index (χ0n) is 40.4. The number of pyridine rings is 1. The topological polar surface area (TPSA) is 166 Å². The molecule has 2 amide bonds. The average Bonchev–Trinajstić information content (AvgIpc) is 3.99. The van der Waals surface area contributed by atoms with Crippen LogP contribution in [0, 0.1) is 11.2 Å². The molecule has 1 aliphatic carbocycles. The predicted molar refractivity (Wildman–Crippen MR) is 267 cm³/mol. The number of piperidine rings is 2. The number of phenols is 1. The molecular formula is C53H61F2N11O5. The smallest absolute Gasteiger partial charge is 0.329 e. The molecule has 2 bridgehead atoms. The maximum absolute atomic E-state index is 17.2. The van der Waals surface area contributed by atoms with Gasteiger partial charge in [0.2, 0.25) is 11.8 Å². The number of piperazine rings is 2. The number of fused-ring (bicyclic) bond motifs is 5. The quantitative estimate of drug-likeness (QED) is 0.130. The predicted octanol–water partition coefficient (Wildman–Crippen LogP) is 5.61. The van der Waals surface area contributed by atoms with E-state index in [0.29, 0.717) is 86.5 Å². The van der Waals surface area contributed by atoms with Crippen molar-refractivity contribution in [1.82, 2.24) is 44.5 Å². The summed E-state index contributed by atoms with van der Waals surface area (Å²) in [7, 11) is 1.70. The molecule has 3 atom stereocenters. The highest BCUT2D eigenvalue weighted by atomic mass is 19.1. The summed E-state index contributed by atoms with van der Waals surface area (Å²) in [5.74, 6) is -0.703. The van der Waals surface area contributed by atoms with E-state index in [1.54, 1.807) is 29.9 Å². The van der Waals surface area contributed by atoms with E-state index in [9.17, 15) is 19.5 Å². The molecule has 5 saturated heterocycles. The van der Waals surface area contributed by atoms with E-state index in [1.165, 1.54) is 4.57 Å². The molecular weight excluding hydrogens is 909 g/mol. The SMILES string of the molecule is CCc1cccc2cc(O)cc(-c3ncc4c(N5CC6CCC(C5)N6)nc(OCC5(CN6CCC(F)(CN7CCN(c8ccc9c(c8)n(C)c(=O)n9C8CCC(=O)NC8=O)CC7)CC6)CC5)nc4c3F)c12. The van der Waals surface area contributed by atoms with Crippen LogP contribution in [0.25, 0.3) is 44.0 Å². The van der Waals surface area contributed by atoms with Gasteiger partial charge in [-0.3, -0.25) is 33.9 Å². The van der Waals surface area contributed by atoms with E-state index in [1.807, 2.05) is 36.4 Å².